The lowest BCUT2D eigenvalue weighted by atomic mass is 10.2. The summed E-state index contributed by atoms with van der Waals surface area (Å²) < 4.78 is 5.78. The Morgan fingerprint density at radius 2 is 2.24 bits per heavy atom. The highest BCUT2D eigenvalue weighted by Gasteiger charge is 2.35. The van der Waals surface area contributed by atoms with Crippen molar-refractivity contribution >= 4 is 11.0 Å². The third kappa shape index (κ3) is 2.37. The van der Waals surface area contributed by atoms with Crippen LogP contribution in [0.25, 0.3) is 11.0 Å². The lowest BCUT2D eigenvalue weighted by Crippen LogP contribution is -2.17. The van der Waals surface area contributed by atoms with Crippen LogP contribution in [0.2, 0.25) is 0 Å². The smallest absolute Gasteiger partial charge is 0.134 e. The Hall–Kier alpha value is -1.28. The molecule has 2 atom stereocenters. The lowest BCUT2D eigenvalue weighted by molar-refractivity contribution is 0.500. The summed E-state index contributed by atoms with van der Waals surface area (Å²) in [4.78, 5) is 0. The van der Waals surface area contributed by atoms with Gasteiger partial charge in [0.15, 0.2) is 0 Å². The fraction of sp³-hybridized carbons (Fsp3) is 0.467. The largest absolute Gasteiger partial charge is 0.460 e. The molecule has 1 aliphatic carbocycles. The Morgan fingerprint density at radius 3 is 3.06 bits per heavy atom. The van der Waals surface area contributed by atoms with Crippen LogP contribution in [0, 0.1) is 5.92 Å². The minimum absolute atomic E-state index is 0.725. The van der Waals surface area contributed by atoms with E-state index in [2.05, 4.69) is 24.4 Å². The van der Waals surface area contributed by atoms with Crippen LogP contribution >= 0.6 is 0 Å². The summed E-state index contributed by atoms with van der Waals surface area (Å²) in [5.41, 5.74) is 0.991. The number of rotatable bonds is 5. The second-order valence-electron chi connectivity index (χ2n) is 5.02. The molecule has 2 nitrogen and oxygen atoms in total. The molecule has 2 aromatic rings. The summed E-state index contributed by atoms with van der Waals surface area (Å²) in [6.45, 7) is 3.12. The first-order chi connectivity index (χ1) is 8.36. The Kier molecular flexibility index (Phi) is 2.89. The van der Waals surface area contributed by atoms with Crippen LogP contribution in [0.1, 0.15) is 31.9 Å². The Bertz CT molecular complexity index is 469. The van der Waals surface area contributed by atoms with Crippen molar-refractivity contribution in [3.8, 4) is 0 Å². The fourth-order valence-corrected chi connectivity index (χ4v) is 2.54. The van der Waals surface area contributed by atoms with Gasteiger partial charge in [-0.1, -0.05) is 31.5 Å². The number of hydrogen-bond donors (Lipinski definition) is 1. The third-order valence-electron chi connectivity index (χ3n) is 3.60. The fourth-order valence-electron chi connectivity index (χ4n) is 2.54. The molecule has 17 heavy (non-hydrogen) atoms. The van der Waals surface area contributed by atoms with Crippen molar-refractivity contribution in [2.24, 2.45) is 5.92 Å². The second-order valence-corrected chi connectivity index (χ2v) is 5.02. The number of benzene rings is 1. The first kappa shape index (κ1) is 10.8. The summed E-state index contributed by atoms with van der Waals surface area (Å²) in [7, 11) is 0. The summed E-state index contributed by atoms with van der Waals surface area (Å²) >= 11 is 0. The first-order valence-corrected chi connectivity index (χ1v) is 6.57. The SMILES string of the molecule is CCCC1CC1NCc1cc2ccccc2o1. The van der Waals surface area contributed by atoms with Gasteiger partial charge in [-0.15, -0.1) is 0 Å². The maximum Gasteiger partial charge on any atom is 0.134 e. The van der Waals surface area contributed by atoms with E-state index in [1.54, 1.807) is 0 Å². The zero-order chi connectivity index (χ0) is 11.7. The number of para-hydroxylation sites is 1. The van der Waals surface area contributed by atoms with Gasteiger partial charge in [0.1, 0.15) is 11.3 Å². The molecular weight excluding hydrogens is 210 g/mol. The van der Waals surface area contributed by atoms with Crippen LogP contribution in [0.3, 0.4) is 0 Å². The van der Waals surface area contributed by atoms with Crippen molar-refractivity contribution in [3.63, 3.8) is 0 Å². The van der Waals surface area contributed by atoms with E-state index in [9.17, 15) is 0 Å². The van der Waals surface area contributed by atoms with E-state index in [0.29, 0.717) is 0 Å². The van der Waals surface area contributed by atoms with Crippen molar-refractivity contribution in [1.82, 2.24) is 5.32 Å². The van der Waals surface area contributed by atoms with Crippen molar-refractivity contribution in [2.75, 3.05) is 0 Å². The monoisotopic (exact) mass is 229 g/mol. The van der Waals surface area contributed by atoms with Crippen LogP contribution in [-0.4, -0.2) is 6.04 Å². The molecule has 0 bridgehead atoms. The molecule has 1 saturated carbocycles. The summed E-state index contributed by atoms with van der Waals surface area (Å²) in [6, 6.07) is 11.0. The summed E-state index contributed by atoms with van der Waals surface area (Å²) in [5.74, 6) is 1.96. The molecule has 0 amide bonds. The molecule has 1 aromatic heterocycles. The van der Waals surface area contributed by atoms with Gasteiger partial charge in [-0.05, 0) is 30.9 Å². The van der Waals surface area contributed by atoms with E-state index in [1.165, 1.54) is 24.6 Å². The molecule has 90 valence electrons. The van der Waals surface area contributed by atoms with Crippen molar-refractivity contribution in [1.29, 1.82) is 0 Å². The van der Waals surface area contributed by atoms with Crippen LogP contribution in [0.4, 0.5) is 0 Å². The van der Waals surface area contributed by atoms with Gasteiger partial charge in [0.2, 0.25) is 0 Å². The summed E-state index contributed by atoms with van der Waals surface area (Å²) in [5, 5.41) is 4.77. The molecule has 1 N–H and O–H groups in total. The molecule has 0 saturated heterocycles. The highest BCUT2D eigenvalue weighted by atomic mass is 16.3. The predicted molar refractivity (Wildman–Crippen MR) is 69.9 cm³/mol. The normalized spacial score (nSPS) is 23.1. The number of nitrogens with one attached hydrogen (secondary N) is 1. The van der Waals surface area contributed by atoms with Crippen molar-refractivity contribution in [3.05, 3.63) is 36.1 Å². The Morgan fingerprint density at radius 1 is 1.35 bits per heavy atom. The van der Waals surface area contributed by atoms with Crippen LogP contribution in [-0.2, 0) is 6.54 Å². The Labute approximate surface area is 102 Å². The molecule has 3 rings (SSSR count). The zero-order valence-electron chi connectivity index (χ0n) is 10.3. The minimum Gasteiger partial charge on any atom is -0.460 e. The number of furan rings is 1. The Balaban J connectivity index is 1.58. The van der Waals surface area contributed by atoms with Gasteiger partial charge < -0.3 is 9.73 Å². The van der Waals surface area contributed by atoms with Crippen molar-refractivity contribution < 1.29 is 4.42 Å². The number of hydrogen-bond acceptors (Lipinski definition) is 2. The van der Waals surface area contributed by atoms with E-state index in [1.807, 2.05) is 18.2 Å². The molecule has 0 spiro atoms. The van der Waals surface area contributed by atoms with Gasteiger partial charge in [-0.25, -0.2) is 0 Å². The van der Waals surface area contributed by atoms with E-state index in [0.717, 1.165) is 29.8 Å². The standard InChI is InChI=1S/C15H19NO/c1-2-5-11-9-14(11)16-10-13-8-12-6-3-4-7-15(12)17-13/h3-4,6-8,11,14,16H,2,5,9-10H2,1H3. The first-order valence-electron chi connectivity index (χ1n) is 6.57. The van der Waals surface area contributed by atoms with E-state index in [-0.39, 0.29) is 0 Å². The zero-order valence-corrected chi connectivity index (χ0v) is 10.3. The molecule has 0 radical (unpaired) electrons. The minimum atomic E-state index is 0.725. The van der Waals surface area contributed by atoms with E-state index >= 15 is 0 Å². The predicted octanol–water partition coefficient (Wildman–Crippen LogP) is 3.71. The number of fused-ring (bicyclic) bond motifs is 1. The molecule has 0 aliphatic heterocycles. The summed E-state index contributed by atoms with van der Waals surface area (Å²) in [6.07, 6.45) is 4.00. The van der Waals surface area contributed by atoms with Gasteiger partial charge >= 0.3 is 0 Å². The third-order valence-corrected chi connectivity index (χ3v) is 3.60. The van der Waals surface area contributed by atoms with Gasteiger partial charge in [0.25, 0.3) is 0 Å². The molecular formula is C15H19NO. The highest BCUT2D eigenvalue weighted by molar-refractivity contribution is 5.77. The van der Waals surface area contributed by atoms with Crippen molar-refractivity contribution in [2.45, 2.75) is 38.8 Å². The molecule has 2 heteroatoms. The molecule has 1 aromatic carbocycles. The van der Waals surface area contributed by atoms with E-state index in [4.69, 9.17) is 4.42 Å². The highest BCUT2D eigenvalue weighted by Crippen LogP contribution is 2.34. The maximum atomic E-state index is 5.78. The maximum absolute atomic E-state index is 5.78. The van der Waals surface area contributed by atoms with Gasteiger partial charge in [-0.2, -0.15) is 0 Å². The molecule has 1 heterocycles. The second kappa shape index (κ2) is 4.53. The topological polar surface area (TPSA) is 25.2 Å². The van der Waals surface area contributed by atoms with Gasteiger partial charge in [0, 0.05) is 11.4 Å². The average molecular weight is 229 g/mol. The van der Waals surface area contributed by atoms with E-state index < -0.39 is 0 Å². The molecule has 1 aliphatic rings. The van der Waals surface area contributed by atoms with Crippen LogP contribution in [0.15, 0.2) is 34.7 Å². The molecule has 2 unspecified atom stereocenters. The quantitative estimate of drug-likeness (QED) is 0.845. The van der Waals surface area contributed by atoms with Gasteiger partial charge in [-0.3, -0.25) is 0 Å². The lowest BCUT2D eigenvalue weighted by Gasteiger charge is -2.00. The van der Waals surface area contributed by atoms with Crippen LogP contribution in [0.5, 0.6) is 0 Å². The van der Waals surface area contributed by atoms with Gasteiger partial charge in [0.05, 0.1) is 6.54 Å². The molecule has 1 fully saturated rings. The average Bonchev–Trinajstić information content (AvgIpc) is 2.94. The van der Waals surface area contributed by atoms with Crippen LogP contribution < -0.4 is 5.32 Å².